The maximum Gasteiger partial charge on any atom is 0.416 e. The highest BCUT2D eigenvalue weighted by Gasteiger charge is 2.32. The molecule has 0 saturated heterocycles. The van der Waals surface area contributed by atoms with Crippen LogP contribution in [0.1, 0.15) is 31.8 Å². The Morgan fingerprint density at radius 2 is 1.70 bits per heavy atom. The molecule has 3 aromatic carbocycles. The Kier molecular flexibility index (Phi) is 7.73. The van der Waals surface area contributed by atoms with E-state index in [0.717, 1.165) is 12.1 Å². The summed E-state index contributed by atoms with van der Waals surface area (Å²) in [6.07, 6.45) is -2.99. The van der Waals surface area contributed by atoms with Gasteiger partial charge in [-0.3, -0.25) is 4.79 Å². The maximum absolute atomic E-state index is 13.6. The number of nitrogens with one attached hydrogen (secondary N) is 1. The number of alkyl halides is 3. The third-order valence-electron chi connectivity index (χ3n) is 5.68. The molecule has 192 valence electrons. The van der Waals surface area contributed by atoms with E-state index in [1.807, 2.05) is 0 Å². The van der Waals surface area contributed by atoms with E-state index in [9.17, 15) is 22.8 Å². The zero-order valence-electron chi connectivity index (χ0n) is 19.6. The monoisotopic (exact) mass is 530 g/mol. The Balaban J connectivity index is 1.56. The molecule has 4 rings (SSSR count). The number of methoxy groups -OCH3 is 1. The standard InChI is InChI=1S/C27H22ClF3N2O4/c1-36-26(35)18-4-2-17(3-5-18)16-32-25(34)23-15-20(27(29,30)31)14-19-10-11-33(24(19)23)12-13-37-22-8-6-21(28)7-9-22/h2-11,14-15H,12-13,16H2,1H3,(H,32,34). The number of esters is 1. The summed E-state index contributed by atoms with van der Waals surface area (Å²) in [4.78, 5) is 24.7. The summed E-state index contributed by atoms with van der Waals surface area (Å²) in [6, 6.07) is 16.6. The number of carbonyl (C=O) groups excluding carboxylic acids is 2. The van der Waals surface area contributed by atoms with Gasteiger partial charge in [0.2, 0.25) is 0 Å². The van der Waals surface area contributed by atoms with Gasteiger partial charge >= 0.3 is 12.1 Å². The number of hydrogen-bond acceptors (Lipinski definition) is 4. The molecular weight excluding hydrogens is 509 g/mol. The number of amides is 1. The Bertz CT molecular complexity index is 1410. The second kappa shape index (κ2) is 11.0. The van der Waals surface area contributed by atoms with Crippen molar-refractivity contribution in [2.75, 3.05) is 13.7 Å². The Morgan fingerprint density at radius 3 is 2.35 bits per heavy atom. The van der Waals surface area contributed by atoms with E-state index in [1.165, 1.54) is 13.2 Å². The van der Waals surface area contributed by atoms with Gasteiger partial charge in [-0.1, -0.05) is 23.7 Å². The molecule has 1 amide bonds. The van der Waals surface area contributed by atoms with Crippen LogP contribution in [0.4, 0.5) is 13.2 Å². The highest BCUT2D eigenvalue weighted by atomic mass is 35.5. The fourth-order valence-corrected chi connectivity index (χ4v) is 3.95. The quantitative estimate of drug-likeness (QED) is 0.279. The highest BCUT2D eigenvalue weighted by molar-refractivity contribution is 6.30. The zero-order valence-corrected chi connectivity index (χ0v) is 20.4. The van der Waals surface area contributed by atoms with Crippen LogP contribution >= 0.6 is 11.6 Å². The number of benzene rings is 3. The maximum atomic E-state index is 13.6. The van der Waals surface area contributed by atoms with Crippen LogP contribution in [0.5, 0.6) is 5.75 Å². The topological polar surface area (TPSA) is 69.6 Å². The molecule has 1 N–H and O–H groups in total. The van der Waals surface area contributed by atoms with E-state index in [4.69, 9.17) is 16.3 Å². The van der Waals surface area contributed by atoms with Gasteiger partial charge in [0.15, 0.2) is 0 Å². The first kappa shape index (κ1) is 26.1. The lowest BCUT2D eigenvalue weighted by Gasteiger charge is -2.14. The first-order valence-electron chi connectivity index (χ1n) is 11.2. The second-order valence-corrected chi connectivity index (χ2v) is 8.58. The van der Waals surface area contributed by atoms with Crippen molar-refractivity contribution in [3.8, 4) is 5.75 Å². The number of hydrogen-bond donors (Lipinski definition) is 1. The minimum absolute atomic E-state index is 0.0540. The Labute approximate surface area is 215 Å². The van der Waals surface area contributed by atoms with E-state index >= 15 is 0 Å². The van der Waals surface area contributed by atoms with Crippen molar-refractivity contribution >= 4 is 34.4 Å². The molecule has 0 fully saturated rings. The summed E-state index contributed by atoms with van der Waals surface area (Å²) in [6.45, 7) is 0.575. The zero-order chi connectivity index (χ0) is 26.6. The van der Waals surface area contributed by atoms with Gasteiger partial charge < -0.3 is 19.4 Å². The smallest absolute Gasteiger partial charge is 0.416 e. The number of nitrogens with zero attached hydrogens (tertiary/aromatic N) is 1. The lowest BCUT2D eigenvalue weighted by molar-refractivity contribution is -0.137. The van der Waals surface area contributed by atoms with Crippen LogP contribution < -0.4 is 10.1 Å². The number of ether oxygens (including phenoxy) is 2. The van der Waals surface area contributed by atoms with E-state index in [2.05, 4.69) is 10.1 Å². The number of aromatic nitrogens is 1. The summed E-state index contributed by atoms with van der Waals surface area (Å²) < 4.78 is 52.7. The van der Waals surface area contributed by atoms with Gasteiger partial charge in [0.25, 0.3) is 5.91 Å². The van der Waals surface area contributed by atoms with Crippen LogP contribution in [0.15, 0.2) is 72.9 Å². The fourth-order valence-electron chi connectivity index (χ4n) is 3.82. The molecule has 4 aromatic rings. The normalized spacial score (nSPS) is 11.4. The molecule has 0 unspecified atom stereocenters. The summed E-state index contributed by atoms with van der Waals surface area (Å²) in [5, 5.41) is 3.53. The number of rotatable bonds is 8. The van der Waals surface area contributed by atoms with E-state index in [-0.39, 0.29) is 24.1 Å². The molecular formula is C27H22ClF3N2O4. The summed E-state index contributed by atoms with van der Waals surface area (Å²) >= 11 is 5.88. The number of carbonyl (C=O) groups is 2. The summed E-state index contributed by atoms with van der Waals surface area (Å²) in [7, 11) is 1.27. The van der Waals surface area contributed by atoms with Gasteiger partial charge in [-0.05, 0) is 60.2 Å². The van der Waals surface area contributed by atoms with Crippen LogP contribution in [0, 0.1) is 0 Å². The van der Waals surface area contributed by atoms with Gasteiger partial charge in [-0.15, -0.1) is 0 Å². The molecule has 0 aliphatic heterocycles. The Hall–Kier alpha value is -3.98. The first-order valence-corrected chi connectivity index (χ1v) is 11.6. The lowest BCUT2D eigenvalue weighted by Crippen LogP contribution is -2.24. The van der Waals surface area contributed by atoms with Crippen molar-refractivity contribution in [3.63, 3.8) is 0 Å². The molecule has 1 aromatic heterocycles. The highest BCUT2D eigenvalue weighted by Crippen LogP contribution is 2.34. The molecule has 37 heavy (non-hydrogen) atoms. The molecule has 0 atom stereocenters. The minimum Gasteiger partial charge on any atom is -0.492 e. The van der Waals surface area contributed by atoms with E-state index in [0.29, 0.717) is 34.0 Å². The number of fused-ring (bicyclic) bond motifs is 1. The predicted octanol–water partition coefficient (Wildman–Crippen LogP) is 6.11. The molecule has 10 heteroatoms. The molecule has 6 nitrogen and oxygen atoms in total. The van der Waals surface area contributed by atoms with Crippen molar-refractivity contribution in [3.05, 3.63) is 100 Å². The molecule has 1 heterocycles. The van der Waals surface area contributed by atoms with E-state index < -0.39 is 23.6 Å². The summed E-state index contributed by atoms with van der Waals surface area (Å²) in [5.74, 6) is -0.564. The van der Waals surface area contributed by atoms with Crippen LogP contribution in [-0.4, -0.2) is 30.2 Å². The third kappa shape index (κ3) is 6.24. The van der Waals surface area contributed by atoms with Crippen molar-refractivity contribution in [1.29, 1.82) is 0 Å². The molecule has 0 aliphatic carbocycles. The van der Waals surface area contributed by atoms with Crippen LogP contribution in [-0.2, 0) is 24.0 Å². The molecule has 0 spiro atoms. The van der Waals surface area contributed by atoms with Crippen LogP contribution in [0.2, 0.25) is 5.02 Å². The SMILES string of the molecule is COC(=O)c1ccc(CNC(=O)c2cc(C(F)(F)F)cc3ccn(CCOc4ccc(Cl)cc4)c23)cc1. The number of halogens is 4. The summed E-state index contributed by atoms with van der Waals surface area (Å²) in [5.41, 5.74) is 0.355. The molecule has 0 bridgehead atoms. The third-order valence-corrected chi connectivity index (χ3v) is 5.93. The molecule has 0 radical (unpaired) electrons. The predicted molar refractivity (Wildman–Crippen MR) is 133 cm³/mol. The fraction of sp³-hybridized carbons (Fsp3) is 0.185. The van der Waals surface area contributed by atoms with Crippen molar-refractivity contribution < 1.29 is 32.2 Å². The Morgan fingerprint density at radius 1 is 1.00 bits per heavy atom. The first-order chi connectivity index (χ1) is 17.7. The van der Waals surface area contributed by atoms with Gasteiger partial charge in [0.1, 0.15) is 12.4 Å². The minimum atomic E-state index is -4.62. The van der Waals surface area contributed by atoms with Crippen molar-refractivity contribution in [2.24, 2.45) is 0 Å². The molecule has 0 saturated carbocycles. The second-order valence-electron chi connectivity index (χ2n) is 8.14. The average molecular weight is 531 g/mol. The van der Waals surface area contributed by atoms with Crippen LogP contribution in [0.25, 0.3) is 10.9 Å². The average Bonchev–Trinajstić information content (AvgIpc) is 3.30. The van der Waals surface area contributed by atoms with Gasteiger partial charge in [0.05, 0.1) is 35.9 Å². The van der Waals surface area contributed by atoms with Gasteiger partial charge in [0, 0.05) is 23.2 Å². The lowest BCUT2D eigenvalue weighted by atomic mass is 10.0. The largest absolute Gasteiger partial charge is 0.492 e. The van der Waals surface area contributed by atoms with Crippen LogP contribution in [0.3, 0.4) is 0 Å². The van der Waals surface area contributed by atoms with Gasteiger partial charge in [-0.25, -0.2) is 4.79 Å². The van der Waals surface area contributed by atoms with E-state index in [1.54, 1.807) is 59.3 Å². The van der Waals surface area contributed by atoms with Crippen molar-refractivity contribution in [2.45, 2.75) is 19.3 Å². The van der Waals surface area contributed by atoms with Crippen molar-refractivity contribution in [1.82, 2.24) is 9.88 Å². The molecule has 0 aliphatic rings. The van der Waals surface area contributed by atoms with Gasteiger partial charge in [-0.2, -0.15) is 13.2 Å².